The van der Waals surface area contributed by atoms with Gasteiger partial charge in [-0.25, -0.2) is 23.5 Å². The highest BCUT2D eigenvalue weighted by atomic mass is 31.3. The number of anilines is 1. The van der Waals surface area contributed by atoms with E-state index >= 15 is 0 Å². The van der Waals surface area contributed by atoms with Crippen LogP contribution in [0.3, 0.4) is 0 Å². The van der Waals surface area contributed by atoms with Crippen LogP contribution in [0.4, 0.5) is 5.69 Å². The lowest BCUT2D eigenvalue weighted by Crippen LogP contribution is -2.35. The molecule has 1 fully saturated rings. The van der Waals surface area contributed by atoms with Crippen LogP contribution >= 0.6 is 23.5 Å². The van der Waals surface area contributed by atoms with Gasteiger partial charge in [0.1, 0.15) is 23.8 Å². The molecule has 0 saturated carbocycles. The van der Waals surface area contributed by atoms with Crippen molar-refractivity contribution in [2.45, 2.75) is 24.5 Å². The molecule has 3 aromatic rings. The number of aromatic nitrogens is 4. The Balaban J connectivity index is 1.57. The average Bonchev–Trinajstić information content (AvgIpc) is 3.20. The normalized spacial score (nSPS) is 25.9. The smallest absolute Gasteiger partial charge is 0.398 e. The molecule has 22 heteroatoms. The molecule has 0 spiro atoms. The number of nitrogen functional groups attached to an aromatic ring is 1. The first-order valence-electron chi connectivity index (χ1n) is 9.90. The molecule has 1 aliphatic heterocycles. The molecular formula is C15H20N5O14P3. The van der Waals surface area contributed by atoms with E-state index in [0.717, 1.165) is 0 Å². The Morgan fingerprint density at radius 1 is 1.16 bits per heavy atom. The molecule has 19 nitrogen and oxygen atoms in total. The molecule has 0 amide bonds. The Morgan fingerprint density at radius 3 is 2.51 bits per heavy atom. The number of rotatable bonds is 9. The summed E-state index contributed by atoms with van der Waals surface area (Å²) in [7, 11) is -15.5. The van der Waals surface area contributed by atoms with Gasteiger partial charge in [-0.05, 0) is 6.07 Å². The maximum absolute atomic E-state index is 12.2. The second-order valence-corrected chi connectivity index (χ2v) is 12.1. The van der Waals surface area contributed by atoms with E-state index in [0.29, 0.717) is 10.8 Å². The number of nitrogens with two attached hydrogens (primary N) is 1. The van der Waals surface area contributed by atoms with Crippen molar-refractivity contribution >= 4 is 50.8 Å². The van der Waals surface area contributed by atoms with Crippen molar-refractivity contribution in [2.24, 2.45) is 0 Å². The number of phosphoric ester groups is 1. The van der Waals surface area contributed by atoms with Gasteiger partial charge in [0, 0.05) is 29.8 Å². The number of aliphatic hydroxyl groups is 1. The zero-order chi connectivity index (χ0) is 27.3. The average molecular weight is 587 g/mol. The first kappa shape index (κ1) is 27.9. The van der Waals surface area contributed by atoms with Gasteiger partial charge in [-0.3, -0.25) is 9.32 Å². The summed E-state index contributed by atoms with van der Waals surface area (Å²) in [6.45, 7) is -0.917. The topological polar surface area (TPSA) is 288 Å². The van der Waals surface area contributed by atoms with Crippen molar-refractivity contribution < 1.29 is 61.0 Å². The number of nitrogens with zero attached hydrogens (tertiary/aromatic N) is 3. The highest BCUT2D eigenvalue weighted by Gasteiger charge is 2.47. The van der Waals surface area contributed by atoms with Crippen LogP contribution in [0.1, 0.15) is 6.23 Å². The van der Waals surface area contributed by atoms with Gasteiger partial charge < -0.3 is 39.9 Å². The standard InChI is InChI=1S/C15H20N5O14P3/c1-30-13-12(21)10(5-31-36(26,27)34-37(28,29)33-35(23,24)25)32-15(13)20-4-7-8(16)2-6-11(7)9(19-20)3-17-18-14(6)22/h2-4,10,12-13,15,21H,5,16H2,1H3,(H,18,22)(H,26,27)(H,28,29)(H2,23,24,25)/t10-,12-,13-,15-/m1/s1. The van der Waals surface area contributed by atoms with Crippen molar-refractivity contribution in [3.05, 3.63) is 28.8 Å². The van der Waals surface area contributed by atoms with Gasteiger partial charge in [0.2, 0.25) is 0 Å². The summed E-state index contributed by atoms with van der Waals surface area (Å²) in [5.41, 5.74) is 6.03. The Morgan fingerprint density at radius 2 is 1.86 bits per heavy atom. The third kappa shape index (κ3) is 6.00. The first-order valence-corrected chi connectivity index (χ1v) is 14.4. The summed E-state index contributed by atoms with van der Waals surface area (Å²) < 4.78 is 58.3. The number of nitrogens with one attached hydrogen (secondary N) is 1. The number of hydrogen-bond donors (Lipinski definition) is 7. The van der Waals surface area contributed by atoms with Gasteiger partial charge in [-0.2, -0.15) is 18.8 Å². The van der Waals surface area contributed by atoms with E-state index in [1.807, 2.05) is 0 Å². The Bertz CT molecular complexity index is 1540. The van der Waals surface area contributed by atoms with Gasteiger partial charge in [0.15, 0.2) is 6.23 Å². The summed E-state index contributed by atoms with van der Waals surface area (Å²) in [5.74, 6) is 0. The van der Waals surface area contributed by atoms with Gasteiger partial charge in [0.05, 0.1) is 18.2 Å². The summed E-state index contributed by atoms with van der Waals surface area (Å²) in [4.78, 5) is 48.3. The van der Waals surface area contributed by atoms with Crippen molar-refractivity contribution in [1.29, 1.82) is 0 Å². The van der Waals surface area contributed by atoms with Crippen LogP contribution in [0.15, 0.2) is 23.3 Å². The third-order valence-corrected chi connectivity index (χ3v) is 8.95. The van der Waals surface area contributed by atoms with E-state index < -0.39 is 60.2 Å². The van der Waals surface area contributed by atoms with Crippen LogP contribution in [-0.4, -0.2) is 76.7 Å². The Labute approximate surface area is 205 Å². The number of aromatic amines is 1. The van der Waals surface area contributed by atoms with E-state index in [4.69, 9.17) is 25.0 Å². The third-order valence-electron chi connectivity index (χ3n) is 5.15. The van der Waals surface area contributed by atoms with Crippen molar-refractivity contribution in [1.82, 2.24) is 20.0 Å². The number of ether oxygens (including phenoxy) is 2. The van der Waals surface area contributed by atoms with E-state index in [-0.39, 0.29) is 16.6 Å². The molecule has 1 aromatic carbocycles. The van der Waals surface area contributed by atoms with Gasteiger partial charge in [-0.15, -0.1) is 0 Å². The molecule has 6 atom stereocenters. The molecular weight excluding hydrogens is 567 g/mol. The van der Waals surface area contributed by atoms with Crippen molar-refractivity contribution in [3.8, 4) is 0 Å². The van der Waals surface area contributed by atoms with E-state index in [1.54, 1.807) is 0 Å². The van der Waals surface area contributed by atoms with E-state index in [1.165, 1.54) is 30.3 Å². The lowest BCUT2D eigenvalue weighted by atomic mass is 10.1. The molecule has 1 aliphatic rings. The van der Waals surface area contributed by atoms with Crippen LogP contribution in [0, 0.1) is 0 Å². The predicted molar refractivity (Wildman–Crippen MR) is 121 cm³/mol. The van der Waals surface area contributed by atoms with Crippen LogP contribution in [-0.2, 0) is 36.3 Å². The summed E-state index contributed by atoms with van der Waals surface area (Å²) in [6.07, 6.45) is -2.50. The predicted octanol–water partition coefficient (Wildman–Crippen LogP) is -0.528. The van der Waals surface area contributed by atoms with Crippen LogP contribution in [0.25, 0.3) is 21.7 Å². The number of aliphatic hydroxyl groups excluding tert-OH is 1. The first-order chi connectivity index (χ1) is 17.1. The fraction of sp³-hybridized carbons (Fsp3) is 0.400. The lowest BCUT2D eigenvalue weighted by Gasteiger charge is -2.20. The van der Waals surface area contributed by atoms with Crippen molar-refractivity contribution in [2.75, 3.05) is 19.5 Å². The highest BCUT2D eigenvalue weighted by Crippen LogP contribution is 2.66. The minimum atomic E-state index is -5.72. The molecule has 0 aliphatic carbocycles. The number of hydrogen-bond acceptors (Lipinski definition) is 13. The molecule has 0 radical (unpaired) electrons. The fourth-order valence-electron chi connectivity index (χ4n) is 3.75. The maximum atomic E-state index is 12.2. The fourth-order valence-corrected chi connectivity index (χ4v) is 6.78. The summed E-state index contributed by atoms with van der Waals surface area (Å²) in [6, 6.07) is 1.44. The second-order valence-electron chi connectivity index (χ2n) is 7.64. The minimum Gasteiger partial charge on any atom is -0.398 e. The molecule has 37 heavy (non-hydrogen) atoms. The number of H-pyrrole nitrogens is 1. The second kappa shape index (κ2) is 9.91. The molecule has 3 heterocycles. The van der Waals surface area contributed by atoms with Crippen LogP contribution in [0.2, 0.25) is 0 Å². The zero-order valence-electron chi connectivity index (χ0n) is 18.4. The van der Waals surface area contributed by atoms with E-state index in [2.05, 4.69) is 28.4 Å². The molecule has 0 bridgehead atoms. The van der Waals surface area contributed by atoms with Gasteiger partial charge >= 0.3 is 23.5 Å². The molecule has 2 aromatic heterocycles. The molecule has 8 N–H and O–H groups in total. The van der Waals surface area contributed by atoms with Crippen LogP contribution < -0.4 is 11.3 Å². The molecule has 2 unspecified atom stereocenters. The Kier molecular flexibility index (Phi) is 7.48. The summed E-state index contributed by atoms with van der Waals surface area (Å²) in [5, 5.41) is 22.1. The molecule has 1 saturated heterocycles. The zero-order valence-corrected chi connectivity index (χ0v) is 21.1. The highest BCUT2D eigenvalue weighted by molar-refractivity contribution is 7.66. The lowest BCUT2D eigenvalue weighted by molar-refractivity contribution is -0.0658. The minimum absolute atomic E-state index is 0.229. The van der Waals surface area contributed by atoms with E-state index in [9.17, 15) is 33.4 Å². The quantitative estimate of drug-likeness (QED) is 0.155. The number of phosphoric acid groups is 3. The number of methoxy groups -OCH3 is 1. The van der Waals surface area contributed by atoms with Crippen LogP contribution in [0.5, 0.6) is 0 Å². The monoisotopic (exact) mass is 587 g/mol. The van der Waals surface area contributed by atoms with Gasteiger partial charge in [-0.1, -0.05) is 0 Å². The van der Waals surface area contributed by atoms with Crippen molar-refractivity contribution in [3.63, 3.8) is 0 Å². The molecule has 204 valence electrons. The SMILES string of the molecule is CO[C@@H]1[C@H](O)[C@@H](COP(=O)(O)OP(=O)(O)OP(=O)(O)O)O[C@H]1n1cc2c(N)cc3c(=O)[nH]ncc(n1)c23. The molecule has 4 rings (SSSR count). The summed E-state index contributed by atoms with van der Waals surface area (Å²) >= 11 is 0. The van der Waals surface area contributed by atoms with Gasteiger partial charge in [0.25, 0.3) is 5.56 Å². The largest absolute Gasteiger partial charge is 0.490 e. The Hall–Kier alpha value is -2.08. The maximum Gasteiger partial charge on any atom is 0.490 e.